The van der Waals surface area contributed by atoms with Crippen LogP contribution in [-0.4, -0.2) is 16.3 Å². The maximum atomic E-state index is 4.55. The second-order valence-corrected chi connectivity index (χ2v) is 7.50. The van der Waals surface area contributed by atoms with Gasteiger partial charge in [0.2, 0.25) is 0 Å². The van der Waals surface area contributed by atoms with E-state index in [2.05, 4.69) is 51.8 Å². The molecule has 0 bridgehead atoms. The van der Waals surface area contributed by atoms with Gasteiger partial charge in [-0.2, -0.15) is 5.10 Å². The van der Waals surface area contributed by atoms with Gasteiger partial charge < -0.3 is 5.32 Å². The zero-order chi connectivity index (χ0) is 15.2. The molecule has 0 radical (unpaired) electrons. The molecule has 1 aromatic rings. The van der Waals surface area contributed by atoms with Crippen molar-refractivity contribution in [2.24, 2.45) is 5.92 Å². The number of hydrogen-bond donors (Lipinski definition) is 1. The highest BCUT2D eigenvalue weighted by molar-refractivity contribution is 9.10. The molecule has 1 atom stereocenters. The van der Waals surface area contributed by atoms with Gasteiger partial charge in [0, 0.05) is 6.04 Å². The minimum Gasteiger partial charge on any atom is -0.309 e. The Morgan fingerprint density at radius 1 is 1.38 bits per heavy atom. The maximum Gasteiger partial charge on any atom is 0.0698 e. The van der Waals surface area contributed by atoms with E-state index in [9.17, 15) is 0 Å². The molecule has 3 nitrogen and oxygen atoms in total. The van der Waals surface area contributed by atoms with Gasteiger partial charge in [-0.3, -0.25) is 4.68 Å². The van der Waals surface area contributed by atoms with E-state index < -0.39 is 0 Å². The number of halogens is 1. The van der Waals surface area contributed by atoms with Gasteiger partial charge in [-0.05, 0) is 61.5 Å². The molecule has 1 fully saturated rings. The molecule has 1 aliphatic rings. The molecule has 1 N–H and O–H groups in total. The van der Waals surface area contributed by atoms with Gasteiger partial charge in [0.25, 0.3) is 0 Å². The van der Waals surface area contributed by atoms with E-state index >= 15 is 0 Å². The van der Waals surface area contributed by atoms with Crippen molar-refractivity contribution in [3.05, 3.63) is 16.4 Å². The van der Waals surface area contributed by atoms with Crippen LogP contribution in [0.25, 0.3) is 0 Å². The Bertz CT molecular complexity index is 422. The fraction of sp³-hybridized carbons (Fsp3) is 0.824. The smallest absolute Gasteiger partial charge is 0.0698 e. The zero-order valence-electron chi connectivity index (χ0n) is 13.7. The Kier molecular flexibility index (Phi) is 6.74. The van der Waals surface area contributed by atoms with Crippen LogP contribution in [0.2, 0.25) is 0 Å². The lowest BCUT2D eigenvalue weighted by Crippen LogP contribution is -2.26. The van der Waals surface area contributed by atoms with Gasteiger partial charge in [0.1, 0.15) is 0 Å². The Labute approximate surface area is 138 Å². The molecule has 120 valence electrons. The molecule has 4 heteroatoms. The molecule has 0 amide bonds. The average Bonchev–Trinajstić information content (AvgIpc) is 3.09. The van der Waals surface area contributed by atoms with Crippen LogP contribution in [-0.2, 0) is 0 Å². The minimum atomic E-state index is 0.406. The highest BCUT2D eigenvalue weighted by Gasteiger charge is 2.23. The van der Waals surface area contributed by atoms with Gasteiger partial charge in [0.05, 0.1) is 22.4 Å². The lowest BCUT2D eigenvalue weighted by molar-refractivity contribution is 0.382. The second-order valence-electron chi connectivity index (χ2n) is 6.65. The molecule has 2 rings (SSSR count). The molecule has 0 saturated heterocycles. The summed E-state index contributed by atoms with van der Waals surface area (Å²) in [6.07, 6.45) is 11.4. The van der Waals surface area contributed by atoms with Gasteiger partial charge in [0.15, 0.2) is 0 Å². The predicted molar refractivity (Wildman–Crippen MR) is 92.5 cm³/mol. The SMILES string of the molecule is CCCNC(CCC1CCCC1)c1c(Br)cnn1C(C)C. The first-order valence-corrected chi connectivity index (χ1v) is 9.39. The van der Waals surface area contributed by atoms with E-state index in [4.69, 9.17) is 0 Å². The van der Waals surface area contributed by atoms with Gasteiger partial charge in [-0.1, -0.05) is 32.6 Å². The summed E-state index contributed by atoms with van der Waals surface area (Å²) in [5.41, 5.74) is 1.33. The van der Waals surface area contributed by atoms with Crippen LogP contribution in [0, 0.1) is 5.92 Å². The van der Waals surface area contributed by atoms with E-state index in [1.165, 1.54) is 50.6 Å². The third kappa shape index (κ3) is 4.56. The van der Waals surface area contributed by atoms with E-state index in [1.807, 2.05) is 6.20 Å². The van der Waals surface area contributed by atoms with Crippen molar-refractivity contribution in [2.75, 3.05) is 6.54 Å². The van der Waals surface area contributed by atoms with Crippen molar-refractivity contribution in [1.82, 2.24) is 15.1 Å². The number of rotatable bonds is 8. The van der Waals surface area contributed by atoms with E-state index in [1.54, 1.807) is 0 Å². The van der Waals surface area contributed by atoms with Crippen molar-refractivity contribution >= 4 is 15.9 Å². The van der Waals surface area contributed by atoms with Crippen LogP contribution in [0.5, 0.6) is 0 Å². The topological polar surface area (TPSA) is 29.9 Å². The van der Waals surface area contributed by atoms with Crippen LogP contribution < -0.4 is 5.32 Å². The number of nitrogens with zero attached hydrogens (tertiary/aromatic N) is 2. The molecule has 1 aromatic heterocycles. The van der Waals surface area contributed by atoms with Crippen LogP contribution in [0.3, 0.4) is 0 Å². The lowest BCUT2D eigenvalue weighted by atomic mass is 9.97. The Morgan fingerprint density at radius 3 is 2.71 bits per heavy atom. The highest BCUT2D eigenvalue weighted by atomic mass is 79.9. The first-order chi connectivity index (χ1) is 10.1. The average molecular weight is 356 g/mol. The first kappa shape index (κ1) is 17.0. The summed E-state index contributed by atoms with van der Waals surface area (Å²) in [5.74, 6) is 0.949. The van der Waals surface area contributed by atoms with Crippen LogP contribution >= 0.6 is 15.9 Å². The Balaban J connectivity index is 2.08. The summed E-state index contributed by atoms with van der Waals surface area (Å²) in [4.78, 5) is 0. The first-order valence-electron chi connectivity index (χ1n) is 8.59. The molecule has 1 saturated carbocycles. The van der Waals surface area contributed by atoms with Crippen molar-refractivity contribution in [1.29, 1.82) is 0 Å². The third-order valence-corrected chi connectivity index (χ3v) is 5.20. The van der Waals surface area contributed by atoms with Crippen LogP contribution in [0.15, 0.2) is 10.7 Å². The molecule has 0 aliphatic heterocycles. The van der Waals surface area contributed by atoms with Crippen molar-refractivity contribution < 1.29 is 0 Å². The van der Waals surface area contributed by atoms with Crippen molar-refractivity contribution in [3.8, 4) is 0 Å². The fourth-order valence-electron chi connectivity index (χ4n) is 3.44. The molecule has 0 aromatic carbocycles. The highest BCUT2D eigenvalue weighted by Crippen LogP contribution is 2.34. The number of nitrogens with one attached hydrogen (secondary N) is 1. The summed E-state index contributed by atoms with van der Waals surface area (Å²) >= 11 is 3.71. The third-order valence-electron chi connectivity index (χ3n) is 4.59. The van der Waals surface area contributed by atoms with Gasteiger partial charge in [-0.15, -0.1) is 0 Å². The van der Waals surface area contributed by atoms with Crippen molar-refractivity contribution in [3.63, 3.8) is 0 Å². The predicted octanol–water partition coefficient (Wildman–Crippen LogP) is 5.24. The fourth-order valence-corrected chi connectivity index (χ4v) is 3.99. The molecule has 21 heavy (non-hydrogen) atoms. The standard InChI is InChI=1S/C17H30BrN3/c1-4-11-19-16(10-9-14-7-5-6-8-14)17-15(18)12-20-21(17)13(2)3/h12-14,16,19H,4-11H2,1-3H3. The maximum absolute atomic E-state index is 4.55. The number of hydrogen-bond acceptors (Lipinski definition) is 2. The lowest BCUT2D eigenvalue weighted by Gasteiger charge is -2.23. The van der Waals surface area contributed by atoms with Crippen LogP contribution in [0.4, 0.5) is 0 Å². The molecule has 1 heterocycles. The normalized spacial score (nSPS) is 17.8. The summed E-state index contributed by atoms with van der Waals surface area (Å²) in [7, 11) is 0. The summed E-state index contributed by atoms with van der Waals surface area (Å²) in [6, 6.07) is 0.827. The summed E-state index contributed by atoms with van der Waals surface area (Å²) in [6.45, 7) is 7.72. The van der Waals surface area contributed by atoms with E-state index in [-0.39, 0.29) is 0 Å². The summed E-state index contributed by atoms with van der Waals surface area (Å²) < 4.78 is 3.32. The Hall–Kier alpha value is -0.350. The van der Waals surface area contributed by atoms with E-state index in [0.29, 0.717) is 12.1 Å². The molecule has 1 aliphatic carbocycles. The van der Waals surface area contributed by atoms with Crippen molar-refractivity contribution in [2.45, 2.75) is 77.8 Å². The van der Waals surface area contributed by atoms with Gasteiger partial charge >= 0.3 is 0 Å². The molecular formula is C17H30BrN3. The molecular weight excluding hydrogens is 326 g/mol. The molecule has 1 unspecified atom stereocenters. The molecule has 0 spiro atoms. The monoisotopic (exact) mass is 355 g/mol. The largest absolute Gasteiger partial charge is 0.309 e. The van der Waals surface area contributed by atoms with Gasteiger partial charge in [-0.25, -0.2) is 0 Å². The minimum absolute atomic E-state index is 0.406. The summed E-state index contributed by atoms with van der Waals surface area (Å²) in [5, 5.41) is 8.29. The number of aromatic nitrogens is 2. The van der Waals surface area contributed by atoms with Crippen LogP contribution in [0.1, 0.15) is 83.5 Å². The quantitative estimate of drug-likeness (QED) is 0.690. The zero-order valence-corrected chi connectivity index (χ0v) is 15.3. The van der Waals surface area contributed by atoms with E-state index in [0.717, 1.165) is 16.9 Å². The Morgan fingerprint density at radius 2 is 2.10 bits per heavy atom. The second kappa shape index (κ2) is 8.33.